The Hall–Kier alpha value is -0.140. The monoisotopic (exact) mass is 187 g/mol. The predicted octanol–water partition coefficient (Wildman–Crippen LogP) is 0.963. The highest BCUT2D eigenvalue weighted by Gasteiger charge is 2.58. The van der Waals surface area contributed by atoms with E-state index < -0.39 is 5.97 Å². The minimum absolute atomic E-state index is 0.0313. The van der Waals surface area contributed by atoms with Crippen LogP contribution in [0.25, 0.3) is 0 Å². The molecule has 1 heterocycles. The maximum atomic E-state index is 10.7. The highest BCUT2D eigenvalue weighted by Crippen LogP contribution is 2.59. The summed E-state index contributed by atoms with van der Waals surface area (Å²) in [7, 11) is 2.68. The molecular formula is C8H14NO2P. The van der Waals surface area contributed by atoms with Crippen LogP contribution >= 0.6 is 9.39 Å². The van der Waals surface area contributed by atoms with Crippen LogP contribution in [0, 0.1) is 11.3 Å². The van der Waals surface area contributed by atoms with E-state index in [0.717, 1.165) is 32.4 Å². The van der Waals surface area contributed by atoms with Crippen LogP contribution in [0.15, 0.2) is 0 Å². The second-order valence-corrected chi connectivity index (χ2v) is 4.72. The minimum atomic E-state index is -0.591. The van der Waals surface area contributed by atoms with Gasteiger partial charge in [0.1, 0.15) is 0 Å². The van der Waals surface area contributed by atoms with Gasteiger partial charge in [-0.3, -0.25) is 9.46 Å². The summed E-state index contributed by atoms with van der Waals surface area (Å²) in [4.78, 5) is 10.7. The largest absolute Gasteiger partial charge is 0.481 e. The smallest absolute Gasteiger partial charge is 0.307 e. The van der Waals surface area contributed by atoms with E-state index in [9.17, 15) is 4.79 Å². The van der Waals surface area contributed by atoms with Crippen LogP contribution in [0.4, 0.5) is 0 Å². The molecule has 1 N–H and O–H groups in total. The molecule has 2 aliphatic rings. The molecule has 4 heteroatoms. The number of carboxylic acid groups (broad SMARTS) is 1. The van der Waals surface area contributed by atoms with Gasteiger partial charge < -0.3 is 5.11 Å². The molecule has 0 aromatic carbocycles. The SMILES string of the molecule is O=C(O)C1CC12CCN(P)CC2. The minimum Gasteiger partial charge on any atom is -0.481 e. The van der Waals surface area contributed by atoms with Crippen molar-refractivity contribution in [2.75, 3.05) is 13.1 Å². The first-order valence-corrected chi connectivity index (χ1v) is 4.88. The molecule has 1 saturated heterocycles. The van der Waals surface area contributed by atoms with E-state index in [1.54, 1.807) is 0 Å². The van der Waals surface area contributed by atoms with Crippen LogP contribution in [0.1, 0.15) is 19.3 Å². The third-order valence-corrected chi connectivity index (χ3v) is 3.80. The van der Waals surface area contributed by atoms with E-state index in [1.165, 1.54) is 0 Å². The van der Waals surface area contributed by atoms with Gasteiger partial charge in [-0.2, -0.15) is 0 Å². The molecule has 1 spiro atoms. The predicted molar refractivity (Wildman–Crippen MR) is 48.7 cm³/mol. The number of aliphatic carboxylic acids is 1. The molecule has 68 valence electrons. The number of carbonyl (C=O) groups is 1. The van der Waals surface area contributed by atoms with Gasteiger partial charge in [0.2, 0.25) is 0 Å². The lowest BCUT2D eigenvalue weighted by Gasteiger charge is -2.29. The Kier molecular flexibility index (Phi) is 1.89. The van der Waals surface area contributed by atoms with Crippen LogP contribution in [-0.4, -0.2) is 28.8 Å². The summed E-state index contributed by atoms with van der Waals surface area (Å²) in [5, 5.41) is 8.82. The first-order chi connectivity index (χ1) is 5.64. The molecule has 2 fully saturated rings. The molecule has 0 aromatic heterocycles. The van der Waals surface area contributed by atoms with Crippen molar-refractivity contribution in [2.24, 2.45) is 11.3 Å². The van der Waals surface area contributed by atoms with Crippen molar-refractivity contribution < 1.29 is 9.90 Å². The average Bonchev–Trinajstić information content (AvgIpc) is 2.72. The van der Waals surface area contributed by atoms with E-state index in [4.69, 9.17) is 5.11 Å². The van der Waals surface area contributed by atoms with Crippen LogP contribution in [-0.2, 0) is 4.79 Å². The van der Waals surface area contributed by atoms with Crippen molar-refractivity contribution in [1.29, 1.82) is 0 Å². The maximum absolute atomic E-state index is 10.7. The number of nitrogens with zero attached hydrogens (tertiary/aromatic N) is 1. The zero-order chi connectivity index (χ0) is 8.77. The van der Waals surface area contributed by atoms with Gasteiger partial charge in [-0.05, 0) is 24.7 Å². The molecule has 2 unspecified atom stereocenters. The normalized spacial score (nSPS) is 33.6. The summed E-state index contributed by atoms with van der Waals surface area (Å²) in [5.74, 6) is -0.622. The molecule has 0 aromatic rings. The second-order valence-electron chi connectivity index (χ2n) is 3.99. The number of rotatable bonds is 1. The lowest BCUT2D eigenvalue weighted by atomic mass is 9.92. The third kappa shape index (κ3) is 1.25. The number of hydrogen-bond donors (Lipinski definition) is 1. The number of piperidine rings is 1. The summed E-state index contributed by atoms with van der Waals surface area (Å²) < 4.78 is 2.20. The highest BCUT2D eigenvalue weighted by molar-refractivity contribution is 7.13. The van der Waals surface area contributed by atoms with Crippen LogP contribution in [0.3, 0.4) is 0 Å². The lowest BCUT2D eigenvalue weighted by Crippen LogP contribution is -2.29. The van der Waals surface area contributed by atoms with Crippen molar-refractivity contribution >= 4 is 15.4 Å². The second kappa shape index (κ2) is 2.68. The first-order valence-electron chi connectivity index (χ1n) is 4.36. The van der Waals surface area contributed by atoms with E-state index in [2.05, 4.69) is 14.1 Å². The van der Waals surface area contributed by atoms with Gasteiger partial charge in [-0.1, -0.05) is 9.39 Å². The Morgan fingerprint density at radius 2 is 2.08 bits per heavy atom. The van der Waals surface area contributed by atoms with E-state index in [1.807, 2.05) is 0 Å². The molecule has 0 bridgehead atoms. The van der Waals surface area contributed by atoms with Crippen molar-refractivity contribution in [3.05, 3.63) is 0 Å². The topological polar surface area (TPSA) is 40.5 Å². The molecule has 1 aliphatic heterocycles. The molecular weight excluding hydrogens is 173 g/mol. The Balaban J connectivity index is 1.95. The van der Waals surface area contributed by atoms with Gasteiger partial charge in [0, 0.05) is 13.1 Å². The molecule has 12 heavy (non-hydrogen) atoms. The van der Waals surface area contributed by atoms with Crippen molar-refractivity contribution in [1.82, 2.24) is 4.67 Å². The number of carboxylic acids is 1. The van der Waals surface area contributed by atoms with Crippen LogP contribution in [0.2, 0.25) is 0 Å². The van der Waals surface area contributed by atoms with E-state index >= 15 is 0 Å². The Labute approximate surface area is 74.4 Å². The molecule has 0 amide bonds. The summed E-state index contributed by atoms with van der Waals surface area (Å²) in [6.45, 7) is 2.07. The van der Waals surface area contributed by atoms with Gasteiger partial charge in [-0.15, -0.1) is 0 Å². The van der Waals surface area contributed by atoms with E-state index in [-0.39, 0.29) is 11.3 Å². The van der Waals surface area contributed by atoms with Crippen molar-refractivity contribution in [3.8, 4) is 0 Å². The van der Waals surface area contributed by atoms with Gasteiger partial charge >= 0.3 is 5.97 Å². The third-order valence-electron chi connectivity index (χ3n) is 3.28. The molecule has 3 nitrogen and oxygen atoms in total. The fraction of sp³-hybridized carbons (Fsp3) is 0.875. The van der Waals surface area contributed by atoms with Gasteiger partial charge in [0.25, 0.3) is 0 Å². The quantitative estimate of drug-likeness (QED) is 0.621. The highest BCUT2D eigenvalue weighted by atomic mass is 31.0. The van der Waals surface area contributed by atoms with Gasteiger partial charge in [0.15, 0.2) is 0 Å². The maximum Gasteiger partial charge on any atom is 0.307 e. The van der Waals surface area contributed by atoms with Gasteiger partial charge in [-0.25, -0.2) is 0 Å². The summed E-state index contributed by atoms with van der Waals surface area (Å²) >= 11 is 0. The Morgan fingerprint density at radius 1 is 1.50 bits per heavy atom. The fourth-order valence-electron chi connectivity index (χ4n) is 2.22. The van der Waals surface area contributed by atoms with Crippen LogP contribution in [0.5, 0.6) is 0 Å². The standard InChI is InChI=1S/C8H14NO2P/c10-7(11)6-5-8(6)1-3-9(12)4-2-8/h6H,1-5,12H2,(H,10,11). The molecule has 2 rings (SSSR count). The zero-order valence-corrected chi connectivity index (χ0v) is 8.15. The van der Waals surface area contributed by atoms with E-state index in [0.29, 0.717) is 0 Å². The summed E-state index contributed by atoms with van der Waals surface area (Å²) in [6.07, 6.45) is 3.04. The van der Waals surface area contributed by atoms with Crippen molar-refractivity contribution in [3.63, 3.8) is 0 Å². The molecule has 2 atom stereocenters. The summed E-state index contributed by atoms with van der Waals surface area (Å²) in [5.41, 5.74) is 0.193. The summed E-state index contributed by atoms with van der Waals surface area (Å²) in [6, 6.07) is 0. The lowest BCUT2D eigenvalue weighted by molar-refractivity contribution is -0.139. The average molecular weight is 187 g/mol. The Morgan fingerprint density at radius 3 is 2.50 bits per heavy atom. The zero-order valence-electron chi connectivity index (χ0n) is 6.99. The molecule has 0 radical (unpaired) electrons. The van der Waals surface area contributed by atoms with Gasteiger partial charge in [0.05, 0.1) is 5.92 Å². The molecule has 1 saturated carbocycles. The van der Waals surface area contributed by atoms with Crippen LogP contribution < -0.4 is 0 Å². The first kappa shape index (κ1) is 8.46. The van der Waals surface area contributed by atoms with Crippen molar-refractivity contribution in [2.45, 2.75) is 19.3 Å². The molecule has 1 aliphatic carbocycles. The fourth-order valence-corrected chi connectivity index (χ4v) is 2.48. The Bertz CT molecular complexity index is 211. The number of hydrogen-bond acceptors (Lipinski definition) is 2.